The van der Waals surface area contributed by atoms with E-state index < -0.39 is 0 Å². The molecule has 0 bridgehead atoms. The van der Waals surface area contributed by atoms with Crippen molar-refractivity contribution in [1.29, 1.82) is 0 Å². The molecule has 0 spiro atoms. The van der Waals surface area contributed by atoms with E-state index in [0.29, 0.717) is 0 Å². The van der Waals surface area contributed by atoms with Crippen LogP contribution in [-0.2, 0) is 12.8 Å². The molecule has 0 atom stereocenters. The molecular weight excluding hydrogens is 318 g/mol. The molecular formula is C23H27N3. The molecule has 0 saturated heterocycles. The lowest BCUT2D eigenvalue weighted by atomic mass is 10.0. The van der Waals surface area contributed by atoms with Crippen LogP contribution < -0.4 is 0 Å². The number of rotatable bonds is 7. The lowest BCUT2D eigenvalue weighted by Gasteiger charge is -2.11. The summed E-state index contributed by atoms with van der Waals surface area (Å²) in [6.45, 7) is 5.09. The molecule has 0 N–H and O–H groups in total. The van der Waals surface area contributed by atoms with Crippen LogP contribution in [0.25, 0.3) is 10.9 Å². The maximum absolute atomic E-state index is 4.87. The third-order valence-corrected chi connectivity index (χ3v) is 4.74. The number of benzene rings is 2. The third-order valence-electron chi connectivity index (χ3n) is 4.74. The van der Waals surface area contributed by atoms with Gasteiger partial charge in [-0.3, -0.25) is 4.98 Å². The predicted molar refractivity (Wildman–Crippen MR) is 111 cm³/mol. The van der Waals surface area contributed by atoms with Gasteiger partial charge in [-0.25, -0.2) is 4.99 Å². The Morgan fingerprint density at radius 1 is 1.04 bits per heavy atom. The Labute approximate surface area is 156 Å². The SMILES string of the molecule is CCN(C)C=Nc1cc2cccc(CCCc3ccccc3)c2nc1C. The van der Waals surface area contributed by atoms with Gasteiger partial charge in [0.15, 0.2) is 0 Å². The molecule has 134 valence electrons. The summed E-state index contributed by atoms with van der Waals surface area (Å²) < 4.78 is 0. The van der Waals surface area contributed by atoms with Crippen LogP contribution in [-0.4, -0.2) is 29.8 Å². The van der Waals surface area contributed by atoms with Crippen LogP contribution in [0.1, 0.15) is 30.2 Å². The third kappa shape index (κ3) is 4.48. The van der Waals surface area contributed by atoms with Crippen LogP contribution >= 0.6 is 0 Å². The fourth-order valence-corrected chi connectivity index (χ4v) is 3.04. The van der Waals surface area contributed by atoms with Crippen molar-refractivity contribution in [2.75, 3.05) is 13.6 Å². The molecule has 1 heterocycles. The van der Waals surface area contributed by atoms with Crippen LogP contribution in [0.15, 0.2) is 59.6 Å². The topological polar surface area (TPSA) is 28.5 Å². The summed E-state index contributed by atoms with van der Waals surface area (Å²) in [5.41, 5.74) is 5.75. The largest absolute Gasteiger partial charge is 0.366 e. The maximum atomic E-state index is 4.87. The Kier molecular flexibility index (Phi) is 6.00. The summed E-state index contributed by atoms with van der Waals surface area (Å²) in [5.74, 6) is 0. The maximum Gasteiger partial charge on any atom is 0.0910 e. The minimum absolute atomic E-state index is 0.940. The van der Waals surface area contributed by atoms with Crippen LogP contribution in [0.4, 0.5) is 5.69 Å². The molecule has 0 aliphatic rings. The summed E-state index contributed by atoms with van der Waals surface area (Å²) in [7, 11) is 2.03. The van der Waals surface area contributed by atoms with Crippen LogP contribution in [0.2, 0.25) is 0 Å². The van der Waals surface area contributed by atoms with Crippen molar-refractivity contribution in [3.63, 3.8) is 0 Å². The van der Waals surface area contributed by atoms with Crippen molar-refractivity contribution in [3.8, 4) is 0 Å². The fraction of sp³-hybridized carbons (Fsp3) is 0.304. The number of nitrogens with zero attached hydrogens (tertiary/aromatic N) is 3. The van der Waals surface area contributed by atoms with Crippen molar-refractivity contribution in [1.82, 2.24) is 9.88 Å². The average Bonchev–Trinajstić information content (AvgIpc) is 2.67. The van der Waals surface area contributed by atoms with Crippen LogP contribution in [0, 0.1) is 6.92 Å². The molecule has 0 fully saturated rings. The first kappa shape index (κ1) is 18.1. The molecule has 0 radical (unpaired) electrons. The number of hydrogen-bond donors (Lipinski definition) is 0. The normalized spacial score (nSPS) is 11.3. The molecule has 26 heavy (non-hydrogen) atoms. The summed E-state index contributed by atoms with van der Waals surface area (Å²) in [6, 6.07) is 19.3. The van der Waals surface area contributed by atoms with Crippen molar-refractivity contribution in [2.24, 2.45) is 4.99 Å². The van der Waals surface area contributed by atoms with Gasteiger partial charge in [0, 0.05) is 19.0 Å². The number of fused-ring (bicyclic) bond motifs is 1. The van der Waals surface area contributed by atoms with E-state index >= 15 is 0 Å². The van der Waals surface area contributed by atoms with Crippen molar-refractivity contribution >= 4 is 22.9 Å². The summed E-state index contributed by atoms with van der Waals surface area (Å²) in [6.07, 6.45) is 5.15. The molecule has 3 heteroatoms. The van der Waals surface area contributed by atoms with Crippen molar-refractivity contribution in [3.05, 3.63) is 71.4 Å². The van der Waals surface area contributed by atoms with Crippen LogP contribution in [0.3, 0.4) is 0 Å². The van der Waals surface area contributed by atoms with Gasteiger partial charge >= 0.3 is 0 Å². The zero-order chi connectivity index (χ0) is 18.4. The number of aromatic nitrogens is 1. The molecule has 3 rings (SSSR count). The lowest BCUT2D eigenvalue weighted by molar-refractivity contribution is 0.552. The molecule has 0 saturated carbocycles. The highest BCUT2D eigenvalue weighted by molar-refractivity contribution is 5.85. The second kappa shape index (κ2) is 8.61. The highest BCUT2D eigenvalue weighted by Crippen LogP contribution is 2.26. The summed E-state index contributed by atoms with van der Waals surface area (Å²) in [4.78, 5) is 11.5. The summed E-state index contributed by atoms with van der Waals surface area (Å²) in [5, 5.41) is 1.17. The monoisotopic (exact) mass is 345 g/mol. The van der Waals surface area contributed by atoms with Gasteiger partial charge in [-0.05, 0) is 50.3 Å². The highest BCUT2D eigenvalue weighted by Gasteiger charge is 2.07. The molecule has 3 nitrogen and oxygen atoms in total. The Balaban J connectivity index is 1.79. The molecule has 0 amide bonds. The zero-order valence-electron chi connectivity index (χ0n) is 15.9. The van der Waals surface area contributed by atoms with Crippen molar-refractivity contribution in [2.45, 2.75) is 33.1 Å². The first-order chi connectivity index (χ1) is 12.7. The van der Waals surface area contributed by atoms with E-state index in [1.807, 2.05) is 20.3 Å². The Hall–Kier alpha value is -2.68. The number of para-hydroxylation sites is 1. The van der Waals surface area contributed by atoms with Gasteiger partial charge in [0.2, 0.25) is 0 Å². The minimum Gasteiger partial charge on any atom is -0.366 e. The minimum atomic E-state index is 0.940. The smallest absolute Gasteiger partial charge is 0.0910 e. The van der Waals surface area contributed by atoms with Gasteiger partial charge in [-0.2, -0.15) is 0 Å². The highest BCUT2D eigenvalue weighted by atomic mass is 15.1. The molecule has 0 unspecified atom stereocenters. The first-order valence-corrected chi connectivity index (χ1v) is 9.35. The van der Waals surface area contributed by atoms with Gasteiger partial charge in [0.1, 0.15) is 0 Å². The van der Waals surface area contributed by atoms with E-state index in [9.17, 15) is 0 Å². The number of pyridine rings is 1. The van der Waals surface area contributed by atoms with Crippen LogP contribution in [0.5, 0.6) is 0 Å². The van der Waals surface area contributed by atoms with Crippen molar-refractivity contribution < 1.29 is 0 Å². The predicted octanol–water partition coefficient (Wildman–Crippen LogP) is 5.33. The van der Waals surface area contributed by atoms with Gasteiger partial charge in [0.25, 0.3) is 0 Å². The van der Waals surface area contributed by atoms with E-state index in [2.05, 4.69) is 71.4 Å². The van der Waals surface area contributed by atoms with Gasteiger partial charge < -0.3 is 4.90 Å². The standard InChI is InChI=1S/C23H27N3/c1-4-26(3)17-24-22-16-21-15-9-14-20(23(21)25-18(22)2)13-8-12-19-10-6-5-7-11-19/h5-7,9-11,14-17H,4,8,12-13H2,1-3H3. The lowest BCUT2D eigenvalue weighted by Crippen LogP contribution is -2.14. The summed E-state index contributed by atoms with van der Waals surface area (Å²) >= 11 is 0. The second-order valence-corrected chi connectivity index (χ2v) is 6.74. The quantitative estimate of drug-likeness (QED) is 0.428. The second-order valence-electron chi connectivity index (χ2n) is 6.74. The molecule has 0 aliphatic carbocycles. The van der Waals surface area contributed by atoms with E-state index in [1.165, 1.54) is 16.5 Å². The van der Waals surface area contributed by atoms with Gasteiger partial charge in [-0.1, -0.05) is 48.5 Å². The fourth-order valence-electron chi connectivity index (χ4n) is 3.04. The molecule has 2 aromatic carbocycles. The van der Waals surface area contributed by atoms with E-state index in [0.717, 1.165) is 42.7 Å². The Bertz CT molecular complexity index is 885. The van der Waals surface area contributed by atoms with Gasteiger partial charge in [-0.15, -0.1) is 0 Å². The zero-order valence-corrected chi connectivity index (χ0v) is 15.9. The van der Waals surface area contributed by atoms with Gasteiger partial charge in [0.05, 0.1) is 23.2 Å². The number of aryl methyl sites for hydroxylation is 3. The van der Waals surface area contributed by atoms with E-state index in [4.69, 9.17) is 4.98 Å². The molecule has 3 aromatic rings. The first-order valence-electron chi connectivity index (χ1n) is 9.35. The number of aliphatic imine (C=N–C) groups is 1. The average molecular weight is 345 g/mol. The van der Waals surface area contributed by atoms with E-state index in [1.54, 1.807) is 0 Å². The Morgan fingerprint density at radius 2 is 1.85 bits per heavy atom. The molecule has 0 aliphatic heterocycles. The Morgan fingerprint density at radius 3 is 2.62 bits per heavy atom. The molecule has 1 aromatic heterocycles. The van der Waals surface area contributed by atoms with E-state index in [-0.39, 0.29) is 0 Å². The number of hydrogen-bond acceptors (Lipinski definition) is 2.